The molecule has 3 aromatic carbocycles. The summed E-state index contributed by atoms with van der Waals surface area (Å²) in [4.78, 5) is 0. The zero-order valence-corrected chi connectivity index (χ0v) is 16.8. The molecule has 1 heterocycles. The zero-order valence-electron chi connectivity index (χ0n) is 18.8. The summed E-state index contributed by atoms with van der Waals surface area (Å²) in [7, 11) is 0. The van der Waals surface area contributed by atoms with Crippen molar-refractivity contribution in [2.45, 2.75) is 35.8 Å². The summed E-state index contributed by atoms with van der Waals surface area (Å²) in [6.45, 7) is 0.835. The fraction of sp³-hybridized carbons (Fsp3) is 0.296. The molecule has 0 aromatic heterocycles. The highest BCUT2D eigenvalue weighted by Gasteiger charge is 2.59. The summed E-state index contributed by atoms with van der Waals surface area (Å²) in [6, 6.07) is 30.7. The van der Waals surface area contributed by atoms with E-state index in [1.807, 2.05) is 91.0 Å². The Kier molecular flexibility index (Phi) is 4.33. The number of nitriles is 1. The highest BCUT2D eigenvalue weighted by molar-refractivity contribution is 5.47. The molecule has 1 aliphatic heterocycles. The van der Waals surface area contributed by atoms with Crippen molar-refractivity contribution in [3.05, 3.63) is 108 Å². The van der Waals surface area contributed by atoms with Gasteiger partial charge in [-0.05, 0) is 16.7 Å². The molecule has 0 amide bonds. The van der Waals surface area contributed by atoms with E-state index in [-0.39, 0.29) is 12.8 Å². The largest absolute Gasteiger partial charge is 0.347 e. The molecule has 2 aliphatic rings. The molecule has 3 atom stereocenters. The van der Waals surface area contributed by atoms with Crippen LogP contribution in [0.3, 0.4) is 0 Å². The predicted octanol–water partition coefficient (Wildman–Crippen LogP) is 5.55. The lowest BCUT2D eigenvalue weighted by molar-refractivity contribution is -0.192. The summed E-state index contributed by atoms with van der Waals surface area (Å²) < 4.78 is 32.2. The van der Waals surface area contributed by atoms with Crippen LogP contribution in [0.2, 0.25) is 0 Å². The first-order chi connectivity index (χ1) is 15.5. The van der Waals surface area contributed by atoms with Gasteiger partial charge in [-0.15, -0.1) is 0 Å². The first-order valence-electron chi connectivity index (χ1n) is 11.4. The second-order valence-corrected chi connectivity index (χ2v) is 7.88. The van der Waals surface area contributed by atoms with Crippen LogP contribution < -0.4 is 0 Å². The molecule has 150 valence electrons. The third kappa shape index (κ3) is 3.04. The van der Waals surface area contributed by atoms with Gasteiger partial charge in [0.1, 0.15) is 0 Å². The van der Waals surface area contributed by atoms with Crippen molar-refractivity contribution < 1.29 is 12.2 Å². The van der Waals surface area contributed by atoms with E-state index in [9.17, 15) is 8.00 Å². The summed E-state index contributed by atoms with van der Waals surface area (Å²) in [6.07, 6.45) is 0.333. The highest BCUT2D eigenvalue weighted by Crippen LogP contribution is 2.60. The maximum atomic E-state index is 10.9. The van der Waals surface area contributed by atoms with Gasteiger partial charge in [-0.2, -0.15) is 5.26 Å². The Balaban J connectivity index is 1.88. The van der Waals surface area contributed by atoms with Crippen LogP contribution in [-0.2, 0) is 14.9 Å². The smallest absolute Gasteiger partial charge is 0.169 e. The summed E-state index contributed by atoms with van der Waals surface area (Å²) >= 11 is 0. The van der Waals surface area contributed by atoms with Crippen LogP contribution in [-0.4, -0.2) is 19.0 Å². The van der Waals surface area contributed by atoms with Crippen molar-refractivity contribution in [1.82, 2.24) is 0 Å². The number of rotatable bonds is 3. The Bertz CT molecular complexity index is 1070. The van der Waals surface area contributed by atoms with Gasteiger partial charge < -0.3 is 9.47 Å². The molecule has 0 radical (unpaired) electrons. The van der Waals surface area contributed by atoms with E-state index in [0.29, 0.717) is 29.9 Å². The first-order valence-corrected chi connectivity index (χ1v) is 10.4. The minimum absolute atomic E-state index is 0.167. The first kappa shape index (κ1) is 16.8. The van der Waals surface area contributed by atoms with Gasteiger partial charge in [-0.3, -0.25) is 0 Å². The van der Waals surface area contributed by atoms with Gasteiger partial charge in [-0.1, -0.05) is 91.0 Å². The van der Waals surface area contributed by atoms with Crippen LogP contribution in [0, 0.1) is 11.3 Å². The minimum Gasteiger partial charge on any atom is -0.347 e. The van der Waals surface area contributed by atoms with E-state index >= 15 is 0 Å². The van der Waals surface area contributed by atoms with Gasteiger partial charge in [0.05, 0.1) is 24.7 Å². The molecule has 3 nitrogen and oxygen atoms in total. The fourth-order valence-electron chi connectivity index (χ4n) is 4.90. The fourth-order valence-corrected chi connectivity index (χ4v) is 4.90. The van der Waals surface area contributed by atoms with Crippen LogP contribution in [0.5, 0.6) is 0 Å². The van der Waals surface area contributed by atoms with Crippen molar-refractivity contribution in [3.8, 4) is 6.07 Å². The van der Waals surface area contributed by atoms with E-state index in [1.165, 1.54) is 0 Å². The van der Waals surface area contributed by atoms with Gasteiger partial charge in [0.15, 0.2) is 5.79 Å². The molecule has 1 saturated carbocycles. The Morgan fingerprint density at radius 2 is 1.17 bits per heavy atom. The summed E-state index contributed by atoms with van der Waals surface area (Å²) in [5.41, 5.74) is 0.505. The lowest BCUT2D eigenvalue weighted by atomic mass is 9.53. The molecule has 0 bridgehead atoms. The topological polar surface area (TPSA) is 42.2 Å². The third-order valence-corrected chi connectivity index (χ3v) is 6.23. The molecule has 30 heavy (non-hydrogen) atoms. The van der Waals surface area contributed by atoms with Gasteiger partial charge in [-0.25, -0.2) is 0 Å². The number of ether oxygens (including phenoxy) is 2. The molecule has 1 saturated heterocycles. The maximum absolute atomic E-state index is 10.9. The van der Waals surface area contributed by atoms with Crippen LogP contribution in [0.4, 0.5) is 0 Å². The van der Waals surface area contributed by atoms with E-state index in [0.717, 1.165) is 0 Å². The minimum atomic E-state index is -1.51. The van der Waals surface area contributed by atoms with Crippen LogP contribution in [0.1, 0.15) is 44.1 Å². The second kappa shape index (κ2) is 7.72. The number of hydrogen-bond acceptors (Lipinski definition) is 3. The lowest BCUT2D eigenvalue weighted by Gasteiger charge is -2.51. The van der Waals surface area contributed by atoms with Crippen molar-refractivity contribution in [2.24, 2.45) is 0 Å². The molecular weight excluding hydrogens is 370 g/mol. The highest BCUT2D eigenvalue weighted by atomic mass is 16.7. The van der Waals surface area contributed by atoms with Gasteiger partial charge >= 0.3 is 0 Å². The van der Waals surface area contributed by atoms with E-state index in [1.54, 1.807) is 0 Å². The number of nitrogens with zero attached hydrogens (tertiary/aromatic N) is 1. The molecular formula is C27H25NO2. The Hall–Kier alpha value is -2.93. The normalized spacial score (nSPS) is 33.4. The number of benzene rings is 3. The van der Waals surface area contributed by atoms with Crippen molar-refractivity contribution >= 4 is 0 Å². The Morgan fingerprint density at radius 3 is 1.60 bits per heavy atom. The molecule has 2 fully saturated rings. The van der Waals surface area contributed by atoms with Gasteiger partial charge in [0, 0.05) is 27.4 Å². The quantitative estimate of drug-likeness (QED) is 0.582. The molecule has 1 spiro atoms. The van der Waals surface area contributed by atoms with E-state index < -0.39 is 23.0 Å². The summed E-state index contributed by atoms with van der Waals surface area (Å²) in [5.74, 6) is -4.08. The summed E-state index contributed by atoms with van der Waals surface area (Å²) in [5, 5.41) is 10.9. The molecule has 5 rings (SSSR count). The number of hydrogen-bond donors (Lipinski definition) is 0. The molecule has 3 aromatic rings. The third-order valence-electron chi connectivity index (χ3n) is 6.23. The predicted molar refractivity (Wildman–Crippen MR) is 116 cm³/mol. The van der Waals surface area contributed by atoms with Crippen LogP contribution >= 0.6 is 0 Å². The molecule has 1 unspecified atom stereocenters. The Labute approximate surface area is 180 Å². The van der Waals surface area contributed by atoms with Crippen LogP contribution in [0.15, 0.2) is 91.0 Å². The molecule has 3 heteroatoms. The SMILES string of the molecule is [2H][C@@]1(c2ccccc2)CC2(C[C@]([2H])(c3ccccc3)C1(C#N)c1ccccc1)OCCO2. The average molecular weight is 398 g/mol. The van der Waals surface area contributed by atoms with Gasteiger partial charge in [0.25, 0.3) is 0 Å². The molecule has 0 N–H and O–H groups in total. The maximum Gasteiger partial charge on any atom is 0.169 e. The average Bonchev–Trinajstić information content (AvgIpc) is 3.28. The second-order valence-electron chi connectivity index (χ2n) is 7.88. The van der Waals surface area contributed by atoms with Crippen LogP contribution in [0.25, 0.3) is 0 Å². The standard InChI is InChI=1S/C27H25NO2/c28-20-27(23-14-8-3-9-15-23)24(21-10-4-1-5-11-21)18-26(29-16-17-30-26)19-25(27)22-12-6-2-7-13-22/h1-15,24-25H,16-19H2/t24-,25+,27?/i24D,25D. The van der Waals surface area contributed by atoms with E-state index in [2.05, 4.69) is 6.07 Å². The van der Waals surface area contributed by atoms with Crippen molar-refractivity contribution in [2.75, 3.05) is 13.2 Å². The lowest BCUT2D eigenvalue weighted by Crippen LogP contribution is -2.51. The zero-order chi connectivity index (χ0) is 22.3. The monoisotopic (exact) mass is 397 g/mol. The Morgan fingerprint density at radius 1 is 0.733 bits per heavy atom. The van der Waals surface area contributed by atoms with Crippen molar-refractivity contribution in [1.29, 1.82) is 5.26 Å². The molecule has 1 aliphatic carbocycles. The van der Waals surface area contributed by atoms with Crippen molar-refractivity contribution in [3.63, 3.8) is 0 Å². The van der Waals surface area contributed by atoms with Gasteiger partial charge in [0.2, 0.25) is 0 Å². The van der Waals surface area contributed by atoms with E-state index in [4.69, 9.17) is 9.47 Å².